The molecular formula is C17H23NS. The lowest BCUT2D eigenvalue weighted by Gasteiger charge is -2.19. The van der Waals surface area contributed by atoms with Gasteiger partial charge in [-0.15, -0.1) is 0 Å². The van der Waals surface area contributed by atoms with Crippen LogP contribution in [0.1, 0.15) is 41.6 Å². The van der Waals surface area contributed by atoms with Crippen LogP contribution in [0, 0.1) is 13.8 Å². The molecule has 19 heavy (non-hydrogen) atoms. The van der Waals surface area contributed by atoms with E-state index in [0.717, 1.165) is 13.0 Å². The van der Waals surface area contributed by atoms with Crippen molar-refractivity contribution < 1.29 is 0 Å². The van der Waals surface area contributed by atoms with Gasteiger partial charge in [0.1, 0.15) is 0 Å². The van der Waals surface area contributed by atoms with Gasteiger partial charge in [0, 0.05) is 6.04 Å². The van der Waals surface area contributed by atoms with E-state index in [1.165, 1.54) is 28.7 Å². The van der Waals surface area contributed by atoms with Crippen LogP contribution >= 0.6 is 11.3 Å². The van der Waals surface area contributed by atoms with Crippen molar-refractivity contribution in [1.29, 1.82) is 0 Å². The van der Waals surface area contributed by atoms with Crippen molar-refractivity contribution in [2.75, 3.05) is 6.54 Å². The molecule has 0 saturated heterocycles. The highest BCUT2D eigenvalue weighted by molar-refractivity contribution is 7.07. The van der Waals surface area contributed by atoms with Gasteiger partial charge in [-0.1, -0.05) is 25.1 Å². The van der Waals surface area contributed by atoms with Gasteiger partial charge in [0.05, 0.1) is 0 Å². The van der Waals surface area contributed by atoms with Gasteiger partial charge in [0.2, 0.25) is 0 Å². The van der Waals surface area contributed by atoms with Gasteiger partial charge in [-0.05, 0) is 72.3 Å². The van der Waals surface area contributed by atoms with Crippen molar-refractivity contribution in [2.45, 2.75) is 39.7 Å². The zero-order valence-corrected chi connectivity index (χ0v) is 12.9. The van der Waals surface area contributed by atoms with Crippen LogP contribution in [0.2, 0.25) is 0 Å². The average molecular weight is 273 g/mol. The first-order chi connectivity index (χ1) is 9.20. The summed E-state index contributed by atoms with van der Waals surface area (Å²) >= 11 is 1.78. The number of nitrogens with one attached hydrogen (secondary N) is 1. The van der Waals surface area contributed by atoms with Crippen LogP contribution in [0.15, 0.2) is 35.0 Å². The minimum absolute atomic E-state index is 0.425. The molecular weight excluding hydrogens is 250 g/mol. The van der Waals surface area contributed by atoms with E-state index in [-0.39, 0.29) is 0 Å². The third-order valence-corrected chi connectivity index (χ3v) is 4.33. The molecule has 1 aromatic heterocycles. The lowest BCUT2D eigenvalue weighted by Crippen LogP contribution is -2.24. The zero-order valence-electron chi connectivity index (χ0n) is 12.1. The van der Waals surface area contributed by atoms with Crippen LogP contribution in [-0.2, 0) is 6.42 Å². The van der Waals surface area contributed by atoms with Crippen LogP contribution in [0.5, 0.6) is 0 Å². The van der Waals surface area contributed by atoms with Crippen molar-refractivity contribution >= 4 is 11.3 Å². The fourth-order valence-corrected chi connectivity index (χ4v) is 2.93. The SMILES string of the molecule is CCCNC(Cc1ccsc1)c1ccc(C)c(C)c1. The van der Waals surface area contributed by atoms with E-state index < -0.39 is 0 Å². The lowest BCUT2D eigenvalue weighted by molar-refractivity contribution is 0.529. The van der Waals surface area contributed by atoms with E-state index in [0.29, 0.717) is 6.04 Å². The zero-order chi connectivity index (χ0) is 13.7. The molecule has 2 rings (SSSR count). The minimum Gasteiger partial charge on any atom is -0.310 e. The molecule has 0 aliphatic heterocycles. The molecule has 0 amide bonds. The van der Waals surface area contributed by atoms with E-state index >= 15 is 0 Å². The largest absolute Gasteiger partial charge is 0.310 e. The summed E-state index contributed by atoms with van der Waals surface area (Å²) in [5, 5.41) is 8.09. The molecule has 0 bridgehead atoms. The second kappa shape index (κ2) is 6.88. The van der Waals surface area contributed by atoms with Crippen molar-refractivity contribution in [3.05, 3.63) is 57.3 Å². The molecule has 1 unspecified atom stereocenters. The Morgan fingerprint density at radius 2 is 2.00 bits per heavy atom. The standard InChI is InChI=1S/C17H23NS/c1-4-8-18-17(11-15-7-9-19-12-15)16-6-5-13(2)14(3)10-16/h5-7,9-10,12,17-18H,4,8,11H2,1-3H3. The number of aryl methyl sites for hydroxylation is 2. The Balaban J connectivity index is 2.18. The molecule has 1 nitrogen and oxygen atoms in total. The number of thiophene rings is 1. The summed E-state index contributed by atoms with van der Waals surface area (Å²) in [6.07, 6.45) is 2.25. The predicted molar refractivity (Wildman–Crippen MR) is 85.0 cm³/mol. The predicted octanol–water partition coefficient (Wildman–Crippen LogP) is 4.65. The Labute approximate surface area is 120 Å². The van der Waals surface area contributed by atoms with Gasteiger partial charge < -0.3 is 5.32 Å². The molecule has 0 radical (unpaired) electrons. The molecule has 0 aliphatic carbocycles. The molecule has 0 aliphatic rings. The third-order valence-electron chi connectivity index (χ3n) is 3.59. The van der Waals surface area contributed by atoms with Gasteiger partial charge in [-0.3, -0.25) is 0 Å². The highest BCUT2D eigenvalue weighted by Crippen LogP contribution is 2.22. The minimum atomic E-state index is 0.425. The number of benzene rings is 1. The maximum absolute atomic E-state index is 3.68. The highest BCUT2D eigenvalue weighted by atomic mass is 32.1. The number of rotatable bonds is 6. The van der Waals surface area contributed by atoms with Crippen molar-refractivity contribution in [2.24, 2.45) is 0 Å². The molecule has 1 N–H and O–H groups in total. The Kier molecular flexibility index (Phi) is 5.17. The average Bonchev–Trinajstić information content (AvgIpc) is 2.91. The fourth-order valence-electron chi connectivity index (χ4n) is 2.25. The summed E-state index contributed by atoms with van der Waals surface area (Å²) in [5.41, 5.74) is 5.58. The van der Waals surface area contributed by atoms with Crippen LogP contribution in [0.3, 0.4) is 0 Å². The molecule has 1 heterocycles. The summed E-state index contributed by atoms with van der Waals surface area (Å²) < 4.78 is 0. The second-order valence-electron chi connectivity index (χ2n) is 5.19. The Hall–Kier alpha value is -1.12. The molecule has 102 valence electrons. The summed E-state index contributed by atoms with van der Waals surface area (Å²) in [5.74, 6) is 0. The first-order valence-electron chi connectivity index (χ1n) is 7.02. The van der Waals surface area contributed by atoms with Crippen LogP contribution in [-0.4, -0.2) is 6.54 Å². The van der Waals surface area contributed by atoms with E-state index in [4.69, 9.17) is 0 Å². The topological polar surface area (TPSA) is 12.0 Å². The van der Waals surface area contributed by atoms with E-state index in [9.17, 15) is 0 Å². The second-order valence-corrected chi connectivity index (χ2v) is 5.97. The third kappa shape index (κ3) is 3.92. The Bertz CT molecular complexity index is 502. The summed E-state index contributed by atoms with van der Waals surface area (Å²) in [4.78, 5) is 0. The number of hydrogen-bond donors (Lipinski definition) is 1. The van der Waals surface area contributed by atoms with Crippen LogP contribution < -0.4 is 5.32 Å². The molecule has 0 fully saturated rings. The molecule has 0 spiro atoms. The first kappa shape index (κ1) is 14.3. The van der Waals surface area contributed by atoms with Gasteiger partial charge in [0.15, 0.2) is 0 Å². The number of hydrogen-bond acceptors (Lipinski definition) is 2. The maximum Gasteiger partial charge on any atom is 0.0361 e. The Morgan fingerprint density at radius 3 is 2.63 bits per heavy atom. The van der Waals surface area contributed by atoms with Gasteiger partial charge >= 0.3 is 0 Å². The normalized spacial score (nSPS) is 12.6. The van der Waals surface area contributed by atoms with E-state index in [1.54, 1.807) is 11.3 Å². The van der Waals surface area contributed by atoms with Gasteiger partial charge in [0.25, 0.3) is 0 Å². The van der Waals surface area contributed by atoms with Crippen molar-refractivity contribution in [3.63, 3.8) is 0 Å². The summed E-state index contributed by atoms with van der Waals surface area (Å²) in [6.45, 7) is 7.66. The Morgan fingerprint density at radius 1 is 1.16 bits per heavy atom. The smallest absolute Gasteiger partial charge is 0.0361 e. The van der Waals surface area contributed by atoms with E-state index in [2.05, 4.69) is 61.1 Å². The van der Waals surface area contributed by atoms with Crippen molar-refractivity contribution in [3.8, 4) is 0 Å². The molecule has 1 atom stereocenters. The van der Waals surface area contributed by atoms with Crippen molar-refractivity contribution in [1.82, 2.24) is 5.32 Å². The maximum atomic E-state index is 3.68. The molecule has 1 aromatic carbocycles. The molecule has 0 saturated carbocycles. The fraction of sp³-hybridized carbons (Fsp3) is 0.412. The van der Waals surface area contributed by atoms with E-state index in [1.807, 2.05) is 0 Å². The van der Waals surface area contributed by atoms with Crippen LogP contribution in [0.4, 0.5) is 0 Å². The summed E-state index contributed by atoms with van der Waals surface area (Å²) in [7, 11) is 0. The highest BCUT2D eigenvalue weighted by Gasteiger charge is 2.12. The quantitative estimate of drug-likeness (QED) is 0.808. The lowest BCUT2D eigenvalue weighted by atomic mass is 9.97. The van der Waals surface area contributed by atoms with Gasteiger partial charge in [-0.2, -0.15) is 11.3 Å². The summed E-state index contributed by atoms with van der Waals surface area (Å²) in [6, 6.07) is 9.48. The monoisotopic (exact) mass is 273 g/mol. The molecule has 2 heteroatoms. The van der Waals surface area contributed by atoms with Gasteiger partial charge in [-0.25, -0.2) is 0 Å². The first-order valence-corrected chi connectivity index (χ1v) is 7.96. The van der Waals surface area contributed by atoms with Crippen LogP contribution in [0.25, 0.3) is 0 Å². The molecule has 2 aromatic rings.